The lowest BCUT2D eigenvalue weighted by Gasteiger charge is -2.18. The van der Waals surface area contributed by atoms with E-state index in [4.69, 9.17) is 9.72 Å². The fraction of sp³-hybridized carbons (Fsp3) is 0.259. The highest BCUT2D eigenvalue weighted by Crippen LogP contribution is 2.34. The van der Waals surface area contributed by atoms with Gasteiger partial charge in [0, 0.05) is 29.5 Å². The fourth-order valence-corrected chi connectivity index (χ4v) is 4.97. The van der Waals surface area contributed by atoms with Crippen LogP contribution < -0.4 is 9.64 Å². The van der Waals surface area contributed by atoms with Crippen molar-refractivity contribution >= 4 is 34.4 Å². The lowest BCUT2D eigenvalue weighted by atomic mass is 10.1. The number of thioether (sulfide) groups is 1. The molecular formula is C27H27N3O2S. The van der Waals surface area contributed by atoms with E-state index in [-0.39, 0.29) is 11.8 Å². The van der Waals surface area contributed by atoms with Crippen LogP contribution in [0.3, 0.4) is 0 Å². The topological polar surface area (TPSA) is 47.4 Å². The average molecular weight is 458 g/mol. The second-order valence-electron chi connectivity index (χ2n) is 8.33. The molecule has 1 fully saturated rings. The Morgan fingerprint density at radius 3 is 2.73 bits per heavy atom. The number of aryl methyl sites for hydroxylation is 1. The van der Waals surface area contributed by atoms with Crippen LogP contribution >= 0.6 is 11.8 Å². The Labute approximate surface area is 198 Å². The first kappa shape index (κ1) is 21.6. The number of fused-ring (bicyclic) bond motifs is 1. The molecule has 3 aromatic carbocycles. The van der Waals surface area contributed by atoms with Gasteiger partial charge in [0.2, 0.25) is 5.91 Å². The molecule has 168 valence electrons. The van der Waals surface area contributed by atoms with Crippen molar-refractivity contribution in [2.45, 2.75) is 30.7 Å². The van der Waals surface area contributed by atoms with Gasteiger partial charge in [0.15, 0.2) is 0 Å². The number of rotatable bonds is 7. The predicted molar refractivity (Wildman–Crippen MR) is 134 cm³/mol. The van der Waals surface area contributed by atoms with Crippen molar-refractivity contribution in [2.24, 2.45) is 0 Å². The van der Waals surface area contributed by atoms with E-state index in [2.05, 4.69) is 42.0 Å². The van der Waals surface area contributed by atoms with E-state index in [1.165, 1.54) is 0 Å². The molecule has 5 rings (SSSR count). The lowest BCUT2D eigenvalue weighted by molar-refractivity contribution is -0.117. The Kier molecular flexibility index (Phi) is 6.09. The molecule has 2 heterocycles. The number of amides is 1. The molecule has 0 N–H and O–H groups in total. The van der Waals surface area contributed by atoms with Gasteiger partial charge in [0.05, 0.1) is 17.6 Å². The summed E-state index contributed by atoms with van der Waals surface area (Å²) in [5, 5.41) is 0. The number of ether oxygens (including phenoxy) is 1. The smallest absolute Gasteiger partial charge is 0.227 e. The number of anilines is 1. The first-order chi connectivity index (χ1) is 16.1. The molecule has 0 spiro atoms. The third kappa shape index (κ3) is 4.35. The van der Waals surface area contributed by atoms with Crippen LogP contribution in [0.2, 0.25) is 0 Å². The van der Waals surface area contributed by atoms with Crippen LogP contribution in [0, 0.1) is 6.92 Å². The van der Waals surface area contributed by atoms with Crippen LogP contribution in [0.4, 0.5) is 5.69 Å². The number of hydrogen-bond donors (Lipinski definition) is 0. The zero-order chi connectivity index (χ0) is 22.8. The van der Waals surface area contributed by atoms with Gasteiger partial charge in [-0.05, 0) is 55.1 Å². The second kappa shape index (κ2) is 9.32. The van der Waals surface area contributed by atoms with Crippen LogP contribution in [0.5, 0.6) is 5.75 Å². The van der Waals surface area contributed by atoms with Crippen LogP contribution in [0.1, 0.15) is 23.7 Å². The highest BCUT2D eigenvalue weighted by Gasteiger charge is 2.34. The number of nitrogens with zero attached hydrogens (tertiary/aromatic N) is 3. The van der Waals surface area contributed by atoms with E-state index in [9.17, 15) is 4.79 Å². The summed E-state index contributed by atoms with van der Waals surface area (Å²) in [6.07, 6.45) is 2.51. The molecule has 1 saturated heterocycles. The van der Waals surface area contributed by atoms with Gasteiger partial charge in [0.25, 0.3) is 0 Å². The minimum Gasteiger partial charge on any atom is -0.491 e. The zero-order valence-corrected chi connectivity index (χ0v) is 19.7. The minimum atomic E-state index is 0.0429. The van der Waals surface area contributed by atoms with Gasteiger partial charge < -0.3 is 14.2 Å². The lowest BCUT2D eigenvalue weighted by Crippen LogP contribution is -2.24. The summed E-state index contributed by atoms with van der Waals surface area (Å²) in [6, 6.07) is 24.4. The summed E-state index contributed by atoms with van der Waals surface area (Å²) in [5.41, 5.74) is 4.12. The van der Waals surface area contributed by atoms with Gasteiger partial charge in [-0.1, -0.05) is 36.4 Å². The van der Waals surface area contributed by atoms with Crippen molar-refractivity contribution in [2.75, 3.05) is 24.3 Å². The summed E-state index contributed by atoms with van der Waals surface area (Å²) >= 11 is 1.69. The van der Waals surface area contributed by atoms with Gasteiger partial charge in [-0.3, -0.25) is 4.79 Å². The first-order valence-electron chi connectivity index (χ1n) is 11.2. The Hall–Kier alpha value is -3.25. The summed E-state index contributed by atoms with van der Waals surface area (Å²) in [5.74, 6) is 2.05. The maximum absolute atomic E-state index is 13.0. The Bertz CT molecular complexity index is 1300. The fourth-order valence-electron chi connectivity index (χ4n) is 4.51. The molecule has 5 nitrogen and oxygen atoms in total. The monoisotopic (exact) mass is 457 g/mol. The van der Waals surface area contributed by atoms with Gasteiger partial charge in [-0.15, -0.1) is 11.8 Å². The maximum atomic E-state index is 13.0. The molecule has 0 radical (unpaired) electrons. The third-order valence-electron chi connectivity index (χ3n) is 6.21. The Balaban J connectivity index is 1.41. The normalized spacial score (nSPS) is 16.0. The van der Waals surface area contributed by atoms with E-state index < -0.39 is 0 Å². The summed E-state index contributed by atoms with van der Waals surface area (Å²) < 4.78 is 8.32. The highest BCUT2D eigenvalue weighted by atomic mass is 32.2. The van der Waals surface area contributed by atoms with Crippen LogP contribution in [0.15, 0.2) is 77.7 Å². The molecule has 1 aliphatic heterocycles. The van der Waals surface area contributed by atoms with E-state index in [0.29, 0.717) is 26.1 Å². The standard InChI is InChI=1S/C27H27N3O2S/c1-19-8-3-6-13-25(19)32-15-14-29-24-12-5-4-11-23(24)28-27(29)20-16-26(31)30(18-20)21-9-7-10-22(17-21)33-2/h3-13,17,20H,14-16,18H2,1-2H3. The number of hydrogen-bond acceptors (Lipinski definition) is 4. The van der Waals surface area contributed by atoms with Crippen molar-refractivity contribution in [1.82, 2.24) is 9.55 Å². The van der Waals surface area contributed by atoms with Crippen molar-refractivity contribution in [3.05, 3.63) is 84.2 Å². The average Bonchev–Trinajstić information content (AvgIpc) is 3.41. The van der Waals surface area contributed by atoms with Crippen molar-refractivity contribution < 1.29 is 9.53 Å². The van der Waals surface area contributed by atoms with Crippen LogP contribution in [0.25, 0.3) is 11.0 Å². The van der Waals surface area contributed by atoms with Crippen LogP contribution in [-0.2, 0) is 11.3 Å². The molecule has 4 aromatic rings. The number of benzene rings is 3. The quantitative estimate of drug-likeness (QED) is 0.336. The number of imidazole rings is 1. The molecule has 6 heteroatoms. The summed E-state index contributed by atoms with van der Waals surface area (Å²) in [4.78, 5) is 21.0. The Morgan fingerprint density at radius 1 is 1.06 bits per heavy atom. The number of carbonyl (C=O) groups is 1. The largest absolute Gasteiger partial charge is 0.491 e. The van der Waals surface area contributed by atoms with E-state index in [1.54, 1.807) is 11.8 Å². The molecule has 1 atom stereocenters. The van der Waals surface area contributed by atoms with Crippen molar-refractivity contribution in [3.8, 4) is 5.75 Å². The van der Waals surface area contributed by atoms with Crippen LogP contribution in [-0.4, -0.2) is 34.9 Å². The number of para-hydroxylation sites is 3. The minimum absolute atomic E-state index is 0.0429. The molecule has 0 bridgehead atoms. The molecule has 33 heavy (non-hydrogen) atoms. The van der Waals surface area contributed by atoms with E-state index in [0.717, 1.165) is 38.8 Å². The molecule has 1 aliphatic rings. The molecule has 1 aromatic heterocycles. The van der Waals surface area contributed by atoms with E-state index in [1.807, 2.05) is 53.4 Å². The molecule has 1 unspecified atom stereocenters. The molecule has 0 aliphatic carbocycles. The summed E-state index contributed by atoms with van der Waals surface area (Å²) in [6.45, 7) is 3.91. The zero-order valence-electron chi connectivity index (χ0n) is 18.9. The second-order valence-corrected chi connectivity index (χ2v) is 9.21. The summed E-state index contributed by atoms with van der Waals surface area (Å²) in [7, 11) is 0. The Morgan fingerprint density at radius 2 is 1.88 bits per heavy atom. The van der Waals surface area contributed by atoms with E-state index >= 15 is 0 Å². The molecule has 1 amide bonds. The van der Waals surface area contributed by atoms with Gasteiger partial charge in [0.1, 0.15) is 18.2 Å². The van der Waals surface area contributed by atoms with Gasteiger partial charge >= 0.3 is 0 Å². The molecule has 0 saturated carbocycles. The number of aromatic nitrogens is 2. The number of carbonyl (C=O) groups excluding carboxylic acids is 1. The molecular weight excluding hydrogens is 430 g/mol. The van der Waals surface area contributed by atoms with Crippen molar-refractivity contribution in [1.29, 1.82) is 0 Å². The van der Waals surface area contributed by atoms with Gasteiger partial charge in [-0.2, -0.15) is 0 Å². The van der Waals surface area contributed by atoms with Gasteiger partial charge in [-0.25, -0.2) is 4.98 Å². The highest BCUT2D eigenvalue weighted by molar-refractivity contribution is 7.98. The predicted octanol–water partition coefficient (Wildman–Crippen LogP) is 5.67. The first-order valence-corrected chi connectivity index (χ1v) is 12.4. The maximum Gasteiger partial charge on any atom is 0.227 e. The SMILES string of the molecule is CSc1cccc(N2CC(c3nc4ccccc4n3CCOc3ccccc3C)CC2=O)c1. The van der Waals surface area contributed by atoms with Crippen molar-refractivity contribution in [3.63, 3.8) is 0 Å². The third-order valence-corrected chi connectivity index (χ3v) is 6.93.